The molecule has 2 rings (SSSR count). The zero-order valence-electron chi connectivity index (χ0n) is 8.29. The molecule has 2 saturated heterocycles. The molecule has 2 fully saturated rings. The summed E-state index contributed by atoms with van der Waals surface area (Å²) in [6.07, 6.45) is 1.76. The summed E-state index contributed by atoms with van der Waals surface area (Å²) in [4.78, 5) is 11.6. The summed E-state index contributed by atoms with van der Waals surface area (Å²) in [6.45, 7) is 4.08. The minimum absolute atomic E-state index is 0.281. The van der Waals surface area contributed by atoms with Crippen LogP contribution in [0.2, 0.25) is 0 Å². The summed E-state index contributed by atoms with van der Waals surface area (Å²) in [6, 6.07) is 0.760. The summed E-state index contributed by atoms with van der Waals surface area (Å²) in [7, 11) is 2.01. The second kappa shape index (κ2) is 3.27. The van der Waals surface area contributed by atoms with Crippen LogP contribution < -0.4 is 5.32 Å². The maximum absolute atomic E-state index is 11.6. The first-order valence-electron chi connectivity index (χ1n) is 4.95. The van der Waals surface area contributed by atoms with Gasteiger partial charge in [0.05, 0.1) is 6.04 Å². The van der Waals surface area contributed by atoms with Crippen LogP contribution in [-0.4, -0.2) is 48.1 Å². The predicted octanol–water partition coefficient (Wildman–Crippen LogP) is -0.184. The summed E-state index contributed by atoms with van der Waals surface area (Å²) in [5, 5.41) is 7.30. The molecule has 4 nitrogen and oxygen atoms in total. The van der Waals surface area contributed by atoms with E-state index < -0.39 is 0 Å². The van der Waals surface area contributed by atoms with Crippen molar-refractivity contribution in [1.29, 1.82) is 0 Å². The first-order chi connectivity index (χ1) is 6.20. The van der Waals surface area contributed by atoms with E-state index in [-0.39, 0.29) is 5.91 Å². The standard InChI is InChI=1S/C9H17N3O/c1-7-5-9(13)12(11(7)2)8-3-4-10-6-8/h7-8,10H,3-6H2,1-2H3. The zero-order valence-corrected chi connectivity index (χ0v) is 8.29. The number of nitrogens with one attached hydrogen (secondary N) is 1. The normalized spacial score (nSPS) is 36.2. The molecule has 0 aromatic carbocycles. The monoisotopic (exact) mass is 183 g/mol. The summed E-state index contributed by atoms with van der Waals surface area (Å²) >= 11 is 0. The fourth-order valence-electron chi connectivity index (χ4n) is 2.18. The van der Waals surface area contributed by atoms with Crippen molar-refractivity contribution in [3.8, 4) is 0 Å². The Bertz CT molecular complexity index is 213. The predicted molar refractivity (Wildman–Crippen MR) is 50.0 cm³/mol. The minimum atomic E-state index is 0.281. The number of hydrogen-bond acceptors (Lipinski definition) is 3. The van der Waals surface area contributed by atoms with Crippen LogP contribution in [0.3, 0.4) is 0 Å². The Balaban J connectivity index is 2.08. The molecule has 1 amide bonds. The van der Waals surface area contributed by atoms with Crippen molar-refractivity contribution in [3.63, 3.8) is 0 Å². The maximum Gasteiger partial charge on any atom is 0.238 e. The Morgan fingerprint density at radius 1 is 1.54 bits per heavy atom. The van der Waals surface area contributed by atoms with E-state index in [1.54, 1.807) is 0 Å². The van der Waals surface area contributed by atoms with E-state index in [0.717, 1.165) is 19.5 Å². The largest absolute Gasteiger partial charge is 0.315 e. The molecule has 0 saturated carbocycles. The van der Waals surface area contributed by atoms with Gasteiger partial charge in [0.25, 0.3) is 0 Å². The minimum Gasteiger partial charge on any atom is -0.315 e. The molecular formula is C9H17N3O. The third-order valence-corrected chi connectivity index (χ3v) is 3.08. The van der Waals surface area contributed by atoms with Crippen molar-refractivity contribution in [2.24, 2.45) is 0 Å². The van der Waals surface area contributed by atoms with Crippen LogP contribution in [0.25, 0.3) is 0 Å². The molecule has 2 aliphatic rings. The molecule has 4 heteroatoms. The molecule has 1 N–H and O–H groups in total. The summed E-state index contributed by atoms with van der Waals surface area (Å²) in [5.74, 6) is 0.281. The fourth-order valence-corrected chi connectivity index (χ4v) is 2.18. The van der Waals surface area contributed by atoms with Crippen molar-refractivity contribution in [3.05, 3.63) is 0 Å². The Morgan fingerprint density at radius 3 is 2.77 bits per heavy atom. The van der Waals surface area contributed by atoms with E-state index in [9.17, 15) is 4.79 Å². The van der Waals surface area contributed by atoms with Crippen LogP contribution in [0.4, 0.5) is 0 Å². The highest BCUT2D eigenvalue weighted by Crippen LogP contribution is 2.22. The molecule has 0 radical (unpaired) electrons. The second-order valence-electron chi connectivity index (χ2n) is 4.01. The van der Waals surface area contributed by atoms with Crippen LogP contribution >= 0.6 is 0 Å². The second-order valence-corrected chi connectivity index (χ2v) is 4.01. The van der Waals surface area contributed by atoms with Gasteiger partial charge in [-0.25, -0.2) is 5.01 Å². The lowest BCUT2D eigenvalue weighted by Gasteiger charge is -2.31. The van der Waals surface area contributed by atoms with Gasteiger partial charge in [-0.3, -0.25) is 9.80 Å². The maximum atomic E-state index is 11.6. The number of amides is 1. The lowest BCUT2D eigenvalue weighted by molar-refractivity contribution is -0.140. The first-order valence-corrected chi connectivity index (χ1v) is 4.95. The third kappa shape index (κ3) is 1.44. The Hall–Kier alpha value is -0.610. The number of rotatable bonds is 1. The lowest BCUT2D eigenvalue weighted by Crippen LogP contribution is -2.46. The highest BCUT2D eigenvalue weighted by molar-refractivity contribution is 5.78. The van der Waals surface area contributed by atoms with E-state index in [1.807, 2.05) is 12.1 Å². The van der Waals surface area contributed by atoms with Crippen LogP contribution in [0, 0.1) is 0 Å². The van der Waals surface area contributed by atoms with Crippen molar-refractivity contribution in [2.75, 3.05) is 20.1 Å². The van der Waals surface area contributed by atoms with Gasteiger partial charge in [0.1, 0.15) is 0 Å². The Labute approximate surface area is 78.8 Å². The van der Waals surface area contributed by atoms with E-state index in [1.165, 1.54) is 0 Å². The molecular weight excluding hydrogens is 166 g/mol. The van der Waals surface area contributed by atoms with E-state index in [2.05, 4.69) is 17.2 Å². The van der Waals surface area contributed by atoms with Crippen LogP contribution in [0.1, 0.15) is 19.8 Å². The van der Waals surface area contributed by atoms with Crippen LogP contribution in [-0.2, 0) is 4.79 Å². The van der Waals surface area contributed by atoms with Gasteiger partial charge in [0.15, 0.2) is 0 Å². The van der Waals surface area contributed by atoms with Crippen LogP contribution in [0.5, 0.6) is 0 Å². The van der Waals surface area contributed by atoms with Crippen molar-refractivity contribution >= 4 is 5.91 Å². The molecule has 2 atom stereocenters. The quantitative estimate of drug-likeness (QED) is 0.612. The van der Waals surface area contributed by atoms with Crippen molar-refractivity contribution in [1.82, 2.24) is 15.3 Å². The number of carbonyl (C=O) groups excluding carboxylic acids is 1. The van der Waals surface area contributed by atoms with Gasteiger partial charge >= 0.3 is 0 Å². The topological polar surface area (TPSA) is 35.6 Å². The van der Waals surface area contributed by atoms with Gasteiger partial charge in [0.2, 0.25) is 5.91 Å². The highest BCUT2D eigenvalue weighted by atomic mass is 16.2. The highest BCUT2D eigenvalue weighted by Gasteiger charge is 2.37. The SMILES string of the molecule is CC1CC(=O)N(C2CCNC2)N1C. The van der Waals surface area contributed by atoms with Gasteiger partial charge in [0, 0.05) is 26.1 Å². The number of hydrogen-bond donors (Lipinski definition) is 1. The van der Waals surface area contributed by atoms with Crippen LogP contribution in [0.15, 0.2) is 0 Å². The number of carbonyl (C=O) groups is 1. The fraction of sp³-hybridized carbons (Fsp3) is 0.889. The first kappa shape index (κ1) is 8.97. The zero-order chi connectivity index (χ0) is 9.42. The van der Waals surface area contributed by atoms with Gasteiger partial charge in [-0.05, 0) is 19.9 Å². The average Bonchev–Trinajstić information content (AvgIpc) is 2.63. The van der Waals surface area contributed by atoms with Gasteiger partial charge in [-0.1, -0.05) is 0 Å². The van der Waals surface area contributed by atoms with Gasteiger partial charge < -0.3 is 5.32 Å². The molecule has 0 spiro atoms. The molecule has 74 valence electrons. The van der Waals surface area contributed by atoms with Gasteiger partial charge in [-0.2, -0.15) is 0 Å². The average molecular weight is 183 g/mol. The lowest BCUT2D eigenvalue weighted by atomic mass is 10.2. The molecule has 0 bridgehead atoms. The summed E-state index contributed by atoms with van der Waals surface area (Å²) < 4.78 is 0. The third-order valence-electron chi connectivity index (χ3n) is 3.08. The van der Waals surface area contributed by atoms with Crippen molar-refractivity contribution in [2.45, 2.75) is 31.8 Å². The number of nitrogens with zero attached hydrogens (tertiary/aromatic N) is 2. The van der Waals surface area contributed by atoms with E-state index in [4.69, 9.17) is 0 Å². The Morgan fingerprint density at radius 2 is 2.31 bits per heavy atom. The molecule has 0 aliphatic carbocycles. The molecule has 2 aliphatic heterocycles. The molecule has 2 unspecified atom stereocenters. The van der Waals surface area contributed by atoms with E-state index in [0.29, 0.717) is 18.5 Å². The molecule has 2 heterocycles. The van der Waals surface area contributed by atoms with E-state index >= 15 is 0 Å². The van der Waals surface area contributed by atoms with Crippen molar-refractivity contribution < 1.29 is 4.79 Å². The summed E-state index contributed by atoms with van der Waals surface area (Å²) in [5.41, 5.74) is 0. The Kier molecular flexibility index (Phi) is 2.26. The number of hydrazine groups is 1. The smallest absolute Gasteiger partial charge is 0.238 e. The molecule has 0 aromatic rings. The molecule has 0 aromatic heterocycles. The van der Waals surface area contributed by atoms with Gasteiger partial charge in [-0.15, -0.1) is 0 Å². The molecule has 13 heavy (non-hydrogen) atoms.